The summed E-state index contributed by atoms with van der Waals surface area (Å²) in [6.07, 6.45) is -3.58. The molecule has 1 aliphatic rings. The Morgan fingerprint density at radius 3 is 2.41 bits per heavy atom. The summed E-state index contributed by atoms with van der Waals surface area (Å²) in [4.78, 5) is 7.82. The molecule has 6 N–H and O–H groups in total. The zero-order valence-electron chi connectivity index (χ0n) is 14.1. The smallest absolute Gasteiger partial charge is 0.397 e. The van der Waals surface area contributed by atoms with E-state index in [9.17, 15) is 27.2 Å². The molecule has 1 atom stereocenters. The van der Waals surface area contributed by atoms with Gasteiger partial charge in [0.2, 0.25) is 5.96 Å². The molecular formula is C16H9F5N8. The first-order valence-corrected chi connectivity index (χ1v) is 7.63. The summed E-state index contributed by atoms with van der Waals surface area (Å²) in [6.45, 7) is 0. The van der Waals surface area contributed by atoms with E-state index in [1.54, 1.807) is 6.07 Å². The first-order valence-electron chi connectivity index (χ1n) is 7.63. The number of hydrogen-bond acceptors (Lipinski definition) is 8. The SMILES string of the molecule is N#CNC1=NC(c2cc(C(F)(F)F)c(F)cc2F)c2c(nc(N)c(C#N)c2N)N1. The number of nitrogen functional groups attached to an aromatic ring is 2. The molecule has 0 radical (unpaired) electrons. The molecule has 13 heteroatoms. The van der Waals surface area contributed by atoms with Crippen molar-refractivity contribution < 1.29 is 22.0 Å². The van der Waals surface area contributed by atoms with Gasteiger partial charge >= 0.3 is 6.18 Å². The van der Waals surface area contributed by atoms with Crippen LogP contribution >= 0.6 is 0 Å². The van der Waals surface area contributed by atoms with Crippen LogP contribution < -0.4 is 22.1 Å². The van der Waals surface area contributed by atoms with Crippen LogP contribution in [0.5, 0.6) is 0 Å². The number of guanidine groups is 1. The quantitative estimate of drug-likeness (QED) is 0.321. The van der Waals surface area contributed by atoms with E-state index in [1.807, 2.05) is 0 Å². The molecule has 0 saturated heterocycles. The van der Waals surface area contributed by atoms with Gasteiger partial charge in [0, 0.05) is 17.2 Å². The molecule has 2 heterocycles. The molecule has 1 aromatic carbocycles. The number of halogens is 5. The molecule has 0 spiro atoms. The van der Waals surface area contributed by atoms with E-state index < -0.39 is 35.0 Å². The summed E-state index contributed by atoms with van der Waals surface area (Å²) in [6, 6.07) is 0.429. The Kier molecular flexibility index (Phi) is 4.60. The van der Waals surface area contributed by atoms with Crippen molar-refractivity contribution in [3.8, 4) is 12.3 Å². The van der Waals surface area contributed by atoms with Gasteiger partial charge in [0.15, 0.2) is 6.19 Å². The van der Waals surface area contributed by atoms with Crippen LogP contribution in [0.2, 0.25) is 0 Å². The predicted octanol–water partition coefficient (Wildman–Crippen LogP) is 2.36. The number of benzene rings is 1. The molecule has 0 fully saturated rings. The van der Waals surface area contributed by atoms with Crippen molar-refractivity contribution in [3.05, 3.63) is 46.0 Å². The largest absolute Gasteiger partial charge is 0.419 e. The lowest BCUT2D eigenvalue weighted by molar-refractivity contribution is -0.140. The number of aromatic nitrogens is 1. The molecule has 0 amide bonds. The first-order chi connectivity index (χ1) is 13.6. The van der Waals surface area contributed by atoms with Gasteiger partial charge in [0.05, 0.1) is 11.3 Å². The average Bonchev–Trinajstić information content (AvgIpc) is 2.60. The Morgan fingerprint density at radius 1 is 1.14 bits per heavy atom. The van der Waals surface area contributed by atoms with Crippen LogP contribution in [-0.4, -0.2) is 10.9 Å². The number of pyridine rings is 1. The van der Waals surface area contributed by atoms with E-state index in [1.165, 1.54) is 6.19 Å². The van der Waals surface area contributed by atoms with Crippen molar-refractivity contribution in [2.24, 2.45) is 4.99 Å². The van der Waals surface area contributed by atoms with Crippen LogP contribution in [0.3, 0.4) is 0 Å². The van der Waals surface area contributed by atoms with Crippen molar-refractivity contribution in [1.29, 1.82) is 10.5 Å². The third-order valence-corrected chi connectivity index (χ3v) is 4.04. The maximum Gasteiger partial charge on any atom is 0.419 e. The van der Waals surface area contributed by atoms with Crippen molar-refractivity contribution in [2.75, 3.05) is 16.8 Å². The third-order valence-electron chi connectivity index (χ3n) is 4.04. The fraction of sp³-hybridized carbons (Fsp3) is 0.125. The summed E-state index contributed by atoms with van der Waals surface area (Å²) in [5, 5.41) is 22.6. The number of nitrogens with one attached hydrogen (secondary N) is 2. The summed E-state index contributed by atoms with van der Waals surface area (Å²) >= 11 is 0. The van der Waals surface area contributed by atoms with Crippen LogP contribution in [0.4, 0.5) is 39.3 Å². The highest BCUT2D eigenvalue weighted by atomic mass is 19.4. The highest BCUT2D eigenvalue weighted by Gasteiger charge is 2.38. The number of rotatable bonds is 1. The normalized spacial score (nSPS) is 15.4. The minimum Gasteiger partial charge on any atom is -0.397 e. The molecule has 1 aromatic heterocycles. The van der Waals surface area contributed by atoms with Crippen LogP contribution in [0.15, 0.2) is 17.1 Å². The third kappa shape index (κ3) is 3.29. The number of hydrogen-bond donors (Lipinski definition) is 4. The van der Waals surface area contributed by atoms with E-state index in [0.717, 1.165) is 0 Å². The topological polar surface area (TPSA) is 149 Å². The van der Waals surface area contributed by atoms with E-state index in [4.69, 9.17) is 16.7 Å². The van der Waals surface area contributed by atoms with Gasteiger partial charge in [0.25, 0.3) is 0 Å². The second kappa shape index (κ2) is 6.79. The Hall–Kier alpha value is -4.13. The highest BCUT2D eigenvalue weighted by Crippen LogP contribution is 2.43. The van der Waals surface area contributed by atoms with Gasteiger partial charge in [-0.2, -0.15) is 23.7 Å². The van der Waals surface area contributed by atoms with Crippen molar-refractivity contribution in [2.45, 2.75) is 12.2 Å². The molecule has 3 rings (SSSR count). The zero-order chi connectivity index (χ0) is 21.5. The molecule has 0 bridgehead atoms. The van der Waals surface area contributed by atoms with E-state index in [-0.39, 0.29) is 46.5 Å². The van der Waals surface area contributed by atoms with E-state index in [2.05, 4.69) is 20.6 Å². The zero-order valence-corrected chi connectivity index (χ0v) is 14.1. The standard InChI is InChI=1S/C16H9F5N8/c17-8-2-9(18)7(16(19,20)21)1-5(8)12-10-11(24)6(3-22)13(25)28-14(10)29-15(27-12)26-4-23/h1-2,12H,(H6,24,25,26,27,28,29). The highest BCUT2D eigenvalue weighted by molar-refractivity contribution is 5.98. The average molecular weight is 408 g/mol. The fourth-order valence-electron chi connectivity index (χ4n) is 2.80. The Morgan fingerprint density at radius 2 is 1.83 bits per heavy atom. The van der Waals surface area contributed by atoms with E-state index >= 15 is 0 Å². The van der Waals surface area contributed by atoms with Crippen molar-refractivity contribution >= 4 is 23.3 Å². The molecule has 2 aromatic rings. The lowest BCUT2D eigenvalue weighted by atomic mass is 9.93. The Balaban J connectivity index is 2.33. The minimum atomic E-state index is -5.11. The number of fused-ring (bicyclic) bond motifs is 1. The molecule has 1 unspecified atom stereocenters. The minimum absolute atomic E-state index is 0.0684. The molecular weight excluding hydrogens is 399 g/mol. The lowest BCUT2D eigenvalue weighted by Crippen LogP contribution is -2.33. The van der Waals surface area contributed by atoms with Crippen LogP contribution in [0, 0.1) is 34.4 Å². The van der Waals surface area contributed by atoms with Gasteiger partial charge in [-0.1, -0.05) is 0 Å². The first kappa shape index (κ1) is 19.6. The van der Waals surface area contributed by atoms with Gasteiger partial charge in [-0.15, -0.1) is 0 Å². The maximum absolute atomic E-state index is 14.5. The van der Waals surface area contributed by atoms with Gasteiger partial charge in [0.1, 0.15) is 40.9 Å². The van der Waals surface area contributed by atoms with Crippen molar-refractivity contribution in [1.82, 2.24) is 10.3 Å². The fourth-order valence-corrected chi connectivity index (χ4v) is 2.80. The number of nitrogens with two attached hydrogens (primary N) is 2. The van der Waals surface area contributed by atoms with E-state index in [0.29, 0.717) is 0 Å². The summed E-state index contributed by atoms with van der Waals surface area (Å²) in [5.41, 5.74) is 8.39. The van der Waals surface area contributed by atoms with Gasteiger partial charge in [-0.25, -0.2) is 18.8 Å². The molecule has 29 heavy (non-hydrogen) atoms. The van der Waals surface area contributed by atoms with Crippen molar-refractivity contribution in [3.63, 3.8) is 0 Å². The maximum atomic E-state index is 14.5. The number of nitrogens with zero attached hydrogens (tertiary/aromatic N) is 4. The number of aliphatic imine (C=N–C) groups is 1. The van der Waals surface area contributed by atoms with Gasteiger partial charge < -0.3 is 16.8 Å². The lowest BCUT2D eigenvalue weighted by Gasteiger charge is -2.26. The predicted molar refractivity (Wildman–Crippen MR) is 90.8 cm³/mol. The molecule has 8 nitrogen and oxygen atoms in total. The second-order valence-electron chi connectivity index (χ2n) is 5.75. The van der Waals surface area contributed by atoms with Crippen LogP contribution in [0.25, 0.3) is 0 Å². The monoisotopic (exact) mass is 408 g/mol. The Bertz CT molecular complexity index is 1130. The number of nitriles is 2. The van der Waals surface area contributed by atoms with Gasteiger partial charge in [-0.3, -0.25) is 5.32 Å². The molecule has 148 valence electrons. The summed E-state index contributed by atoms with van der Waals surface area (Å²) in [5.74, 6) is -3.91. The van der Waals surface area contributed by atoms with Crippen LogP contribution in [0.1, 0.15) is 28.3 Å². The molecule has 0 saturated carbocycles. The molecule has 0 aliphatic carbocycles. The second-order valence-corrected chi connectivity index (χ2v) is 5.75. The summed E-state index contributed by atoms with van der Waals surface area (Å²) < 4.78 is 67.5. The Labute approximate surface area is 159 Å². The summed E-state index contributed by atoms with van der Waals surface area (Å²) in [7, 11) is 0. The number of alkyl halides is 3. The number of anilines is 3. The molecule has 1 aliphatic heterocycles. The van der Waals surface area contributed by atoms with Gasteiger partial charge in [-0.05, 0) is 6.07 Å². The van der Waals surface area contributed by atoms with Crippen LogP contribution in [-0.2, 0) is 6.18 Å².